The molecule has 2 aromatic rings. The molecule has 0 fully saturated rings. The number of nitrogens with one attached hydrogen (secondary N) is 1. The zero-order valence-electron chi connectivity index (χ0n) is 12.8. The molecule has 0 aliphatic heterocycles. The maximum absolute atomic E-state index is 12.4. The highest BCUT2D eigenvalue weighted by Crippen LogP contribution is 2.31. The number of nitro groups is 1. The minimum Gasteiger partial charge on any atom is -0.487 e. The second-order valence-electron chi connectivity index (χ2n) is 4.70. The van der Waals surface area contributed by atoms with Crippen molar-refractivity contribution in [2.24, 2.45) is 7.05 Å². The molecule has 124 valence electrons. The number of benzene rings is 1. The number of hydrogen-bond donors (Lipinski definition) is 1. The Balaban J connectivity index is 2.38. The number of nitrogens with zero attached hydrogens (tertiary/aromatic N) is 3. The first-order valence-electron chi connectivity index (χ1n) is 6.69. The average molecular weight is 340 g/mol. The van der Waals surface area contributed by atoms with Gasteiger partial charge in [0.25, 0.3) is 10.0 Å². The molecule has 0 unspecified atom stereocenters. The first-order chi connectivity index (χ1) is 10.8. The van der Waals surface area contributed by atoms with Crippen LogP contribution in [0.25, 0.3) is 0 Å². The molecule has 0 spiro atoms. The Morgan fingerprint density at radius 2 is 2.13 bits per heavy atom. The molecule has 0 bridgehead atoms. The fourth-order valence-electron chi connectivity index (χ4n) is 1.95. The van der Waals surface area contributed by atoms with E-state index in [1.54, 1.807) is 20.9 Å². The van der Waals surface area contributed by atoms with Gasteiger partial charge in [-0.25, -0.2) is 8.42 Å². The van der Waals surface area contributed by atoms with Gasteiger partial charge in [-0.05, 0) is 19.9 Å². The molecule has 1 N–H and O–H groups in total. The van der Waals surface area contributed by atoms with E-state index in [0.717, 1.165) is 0 Å². The van der Waals surface area contributed by atoms with Crippen molar-refractivity contribution >= 4 is 21.4 Å². The van der Waals surface area contributed by atoms with Gasteiger partial charge in [0, 0.05) is 19.2 Å². The fraction of sp³-hybridized carbons (Fsp3) is 0.308. The molecule has 23 heavy (non-hydrogen) atoms. The van der Waals surface area contributed by atoms with E-state index in [2.05, 4.69) is 9.82 Å². The number of aromatic nitrogens is 2. The highest BCUT2D eigenvalue weighted by molar-refractivity contribution is 7.92. The zero-order valence-corrected chi connectivity index (χ0v) is 13.6. The van der Waals surface area contributed by atoms with Gasteiger partial charge in [0.05, 0.1) is 29.1 Å². The van der Waals surface area contributed by atoms with Crippen LogP contribution in [0.15, 0.2) is 29.3 Å². The van der Waals surface area contributed by atoms with Crippen molar-refractivity contribution in [2.45, 2.75) is 18.7 Å². The van der Waals surface area contributed by atoms with Crippen LogP contribution in [0.4, 0.5) is 11.4 Å². The van der Waals surface area contributed by atoms with E-state index in [1.807, 2.05) is 0 Å². The van der Waals surface area contributed by atoms with Gasteiger partial charge >= 0.3 is 5.69 Å². The summed E-state index contributed by atoms with van der Waals surface area (Å²) in [6.07, 6.45) is 1.24. The maximum Gasteiger partial charge on any atom is 0.311 e. The Labute approximate surface area is 133 Å². The van der Waals surface area contributed by atoms with E-state index in [9.17, 15) is 18.5 Å². The van der Waals surface area contributed by atoms with E-state index < -0.39 is 14.9 Å². The molecule has 0 saturated carbocycles. The first-order valence-corrected chi connectivity index (χ1v) is 8.17. The Morgan fingerprint density at radius 1 is 1.43 bits per heavy atom. The molecule has 0 amide bonds. The molecule has 0 aliphatic rings. The minimum absolute atomic E-state index is 0.000564. The van der Waals surface area contributed by atoms with Crippen LogP contribution in [0.5, 0.6) is 5.75 Å². The van der Waals surface area contributed by atoms with Gasteiger partial charge in [0.2, 0.25) is 0 Å². The summed E-state index contributed by atoms with van der Waals surface area (Å²) < 4.78 is 33.8. The lowest BCUT2D eigenvalue weighted by molar-refractivity contribution is -0.385. The third-order valence-electron chi connectivity index (χ3n) is 3.19. The number of rotatable bonds is 6. The molecule has 10 heteroatoms. The lowest BCUT2D eigenvalue weighted by Gasteiger charge is -2.10. The lowest BCUT2D eigenvalue weighted by Crippen LogP contribution is -2.14. The van der Waals surface area contributed by atoms with Crippen LogP contribution < -0.4 is 9.46 Å². The third-order valence-corrected chi connectivity index (χ3v) is 4.67. The monoisotopic (exact) mass is 340 g/mol. The number of aryl methyl sites for hydroxylation is 1. The highest BCUT2D eigenvalue weighted by atomic mass is 32.2. The van der Waals surface area contributed by atoms with E-state index >= 15 is 0 Å². The normalized spacial score (nSPS) is 11.3. The average Bonchev–Trinajstić information content (AvgIpc) is 2.79. The Hall–Kier alpha value is -2.62. The minimum atomic E-state index is -3.85. The van der Waals surface area contributed by atoms with Crippen LogP contribution in [-0.2, 0) is 17.1 Å². The van der Waals surface area contributed by atoms with Crippen molar-refractivity contribution in [1.82, 2.24) is 9.78 Å². The number of sulfonamides is 1. The van der Waals surface area contributed by atoms with Crippen LogP contribution in [0.2, 0.25) is 0 Å². The summed E-state index contributed by atoms with van der Waals surface area (Å²) in [4.78, 5) is 10.4. The number of nitro benzene ring substituents is 1. The highest BCUT2D eigenvalue weighted by Gasteiger charge is 2.22. The number of hydrogen-bond acceptors (Lipinski definition) is 6. The van der Waals surface area contributed by atoms with Crippen molar-refractivity contribution < 1.29 is 18.1 Å². The zero-order chi connectivity index (χ0) is 17.2. The van der Waals surface area contributed by atoms with Crippen molar-refractivity contribution in [3.05, 3.63) is 40.2 Å². The Morgan fingerprint density at radius 3 is 2.65 bits per heavy atom. The van der Waals surface area contributed by atoms with Gasteiger partial charge in [0.15, 0.2) is 5.75 Å². The second-order valence-corrected chi connectivity index (χ2v) is 6.35. The van der Waals surface area contributed by atoms with Crippen molar-refractivity contribution in [3.8, 4) is 5.75 Å². The molecular weight excluding hydrogens is 324 g/mol. The molecule has 0 atom stereocenters. The summed E-state index contributed by atoms with van der Waals surface area (Å²) in [6, 6.07) is 3.79. The quantitative estimate of drug-likeness (QED) is 0.633. The lowest BCUT2D eigenvalue weighted by atomic mass is 10.2. The Bertz CT molecular complexity index is 844. The van der Waals surface area contributed by atoms with Crippen LogP contribution in [0.1, 0.15) is 12.6 Å². The van der Waals surface area contributed by atoms with E-state index in [4.69, 9.17) is 4.74 Å². The van der Waals surface area contributed by atoms with Gasteiger partial charge in [-0.15, -0.1) is 0 Å². The second kappa shape index (κ2) is 6.24. The predicted octanol–water partition coefficient (Wildman–Crippen LogP) is 1.84. The summed E-state index contributed by atoms with van der Waals surface area (Å²) in [5, 5.41) is 14.8. The van der Waals surface area contributed by atoms with E-state index in [-0.39, 0.29) is 28.6 Å². The number of ether oxygens (including phenoxy) is 1. The standard InChI is InChI=1S/C13H16N4O5S/c1-4-22-12-7-10(5-6-11(12)17(18)19)15-23(20,21)13-8-14-16(3)9(13)2/h5-8,15H,4H2,1-3H3. The summed E-state index contributed by atoms with van der Waals surface area (Å²) in [5.74, 6) is 0.000564. The van der Waals surface area contributed by atoms with Crippen LogP contribution in [0.3, 0.4) is 0 Å². The van der Waals surface area contributed by atoms with Crippen molar-refractivity contribution in [2.75, 3.05) is 11.3 Å². The Kier molecular flexibility index (Phi) is 4.55. The molecule has 0 saturated heterocycles. The maximum atomic E-state index is 12.4. The van der Waals surface area contributed by atoms with Crippen molar-refractivity contribution in [3.63, 3.8) is 0 Å². The summed E-state index contributed by atoms with van der Waals surface area (Å²) >= 11 is 0. The summed E-state index contributed by atoms with van der Waals surface area (Å²) in [5.41, 5.74) is 0.416. The number of anilines is 1. The van der Waals surface area contributed by atoms with Gasteiger partial charge < -0.3 is 4.74 Å². The molecule has 1 heterocycles. The van der Waals surface area contributed by atoms with Gasteiger partial charge in [0.1, 0.15) is 4.90 Å². The van der Waals surface area contributed by atoms with Crippen LogP contribution >= 0.6 is 0 Å². The molecule has 0 aliphatic carbocycles. The molecule has 1 aromatic heterocycles. The topological polar surface area (TPSA) is 116 Å². The van der Waals surface area contributed by atoms with Crippen LogP contribution in [-0.4, -0.2) is 29.7 Å². The van der Waals surface area contributed by atoms with E-state index in [1.165, 1.54) is 29.1 Å². The van der Waals surface area contributed by atoms with Crippen molar-refractivity contribution in [1.29, 1.82) is 0 Å². The molecule has 9 nitrogen and oxygen atoms in total. The first kappa shape index (κ1) is 16.7. The predicted molar refractivity (Wildman–Crippen MR) is 83.0 cm³/mol. The largest absolute Gasteiger partial charge is 0.487 e. The molecule has 0 radical (unpaired) electrons. The summed E-state index contributed by atoms with van der Waals surface area (Å²) in [7, 11) is -2.21. The smallest absolute Gasteiger partial charge is 0.311 e. The molecule has 2 rings (SSSR count). The van der Waals surface area contributed by atoms with Gasteiger partial charge in [-0.3, -0.25) is 19.5 Å². The molecule has 1 aromatic carbocycles. The SMILES string of the molecule is CCOc1cc(NS(=O)(=O)c2cnn(C)c2C)ccc1[N+](=O)[O-]. The van der Waals surface area contributed by atoms with Gasteiger partial charge in [-0.2, -0.15) is 5.10 Å². The third kappa shape index (κ3) is 3.42. The van der Waals surface area contributed by atoms with Gasteiger partial charge in [-0.1, -0.05) is 0 Å². The molecular formula is C13H16N4O5S. The van der Waals surface area contributed by atoms with E-state index in [0.29, 0.717) is 5.69 Å². The fourth-order valence-corrected chi connectivity index (χ4v) is 3.21. The summed E-state index contributed by atoms with van der Waals surface area (Å²) in [6.45, 7) is 3.53. The van der Waals surface area contributed by atoms with Crippen LogP contribution in [0, 0.1) is 17.0 Å².